The van der Waals surface area contributed by atoms with Crippen LogP contribution in [0.2, 0.25) is 0 Å². The highest BCUT2D eigenvalue weighted by Gasteiger charge is 2.09. The van der Waals surface area contributed by atoms with E-state index in [1.54, 1.807) is 36.3 Å². The van der Waals surface area contributed by atoms with E-state index >= 15 is 0 Å². The van der Waals surface area contributed by atoms with Crippen LogP contribution >= 0.6 is 11.8 Å². The molecule has 29 heavy (non-hydrogen) atoms. The molecule has 0 fully saturated rings. The van der Waals surface area contributed by atoms with Crippen LogP contribution in [0.25, 0.3) is 23.5 Å². The zero-order valence-corrected chi connectivity index (χ0v) is 16.1. The summed E-state index contributed by atoms with van der Waals surface area (Å²) < 4.78 is 18.2. The molecule has 3 aromatic heterocycles. The second-order valence-corrected chi connectivity index (χ2v) is 7.16. The summed E-state index contributed by atoms with van der Waals surface area (Å²) >= 11 is 1.55. The number of halogens is 1. The molecule has 7 nitrogen and oxygen atoms in total. The average Bonchev–Trinajstić information content (AvgIpc) is 3.41. The molecule has 4 aromatic rings. The van der Waals surface area contributed by atoms with E-state index in [-0.39, 0.29) is 5.82 Å². The predicted molar refractivity (Wildman–Crippen MR) is 108 cm³/mol. The van der Waals surface area contributed by atoms with Crippen molar-refractivity contribution >= 4 is 23.9 Å². The number of aryl methyl sites for hydroxylation is 1. The number of H-pyrrole nitrogens is 1. The SMILES string of the molecule is Fc1ccc(/C=C/c2nc(SCCCc3nc(-c4cccnc4)no3)n[nH]2)cc1. The third kappa shape index (κ3) is 5.35. The number of hydrogen-bond donors (Lipinski definition) is 1. The number of aromatic nitrogens is 6. The maximum atomic E-state index is 12.9. The first-order valence-corrected chi connectivity index (χ1v) is 9.97. The molecule has 0 spiro atoms. The number of rotatable bonds is 8. The van der Waals surface area contributed by atoms with E-state index < -0.39 is 0 Å². The van der Waals surface area contributed by atoms with Crippen LogP contribution in [0.4, 0.5) is 4.39 Å². The van der Waals surface area contributed by atoms with Crippen molar-refractivity contribution in [3.8, 4) is 11.4 Å². The fourth-order valence-electron chi connectivity index (χ4n) is 2.50. The molecule has 0 aliphatic heterocycles. The van der Waals surface area contributed by atoms with Crippen molar-refractivity contribution in [3.63, 3.8) is 0 Å². The van der Waals surface area contributed by atoms with Crippen LogP contribution in [0.5, 0.6) is 0 Å². The molecule has 4 rings (SSSR count). The van der Waals surface area contributed by atoms with Gasteiger partial charge in [-0.05, 0) is 42.3 Å². The van der Waals surface area contributed by atoms with Crippen LogP contribution in [-0.2, 0) is 6.42 Å². The van der Waals surface area contributed by atoms with Gasteiger partial charge in [-0.15, -0.1) is 5.10 Å². The summed E-state index contributed by atoms with van der Waals surface area (Å²) in [5, 5.41) is 11.7. The van der Waals surface area contributed by atoms with Gasteiger partial charge in [0.1, 0.15) is 11.6 Å². The number of aromatic amines is 1. The van der Waals surface area contributed by atoms with Gasteiger partial charge in [-0.25, -0.2) is 9.37 Å². The molecule has 1 N–H and O–H groups in total. The van der Waals surface area contributed by atoms with E-state index in [9.17, 15) is 4.39 Å². The highest BCUT2D eigenvalue weighted by atomic mass is 32.2. The first-order valence-electron chi connectivity index (χ1n) is 8.98. The van der Waals surface area contributed by atoms with E-state index in [1.165, 1.54) is 12.1 Å². The van der Waals surface area contributed by atoms with Crippen molar-refractivity contribution in [2.45, 2.75) is 18.0 Å². The molecule has 0 amide bonds. The summed E-state index contributed by atoms with van der Waals surface area (Å²) in [6.45, 7) is 0. The Morgan fingerprint density at radius 1 is 1.10 bits per heavy atom. The smallest absolute Gasteiger partial charge is 0.226 e. The largest absolute Gasteiger partial charge is 0.339 e. The Hall–Kier alpha value is -3.33. The fourth-order valence-corrected chi connectivity index (χ4v) is 3.25. The Labute approximate surface area is 170 Å². The minimum atomic E-state index is -0.255. The maximum absolute atomic E-state index is 12.9. The Bertz CT molecular complexity index is 1080. The maximum Gasteiger partial charge on any atom is 0.226 e. The second-order valence-electron chi connectivity index (χ2n) is 6.09. The molecule has 146 valence electrons. The molecule has 0 aliphatic carbocycles. The van der Waals surface area contributed by atoms with Crippen molar-refractivity contribution < 1.29 is 8.91 Å². The fraction of sp³-hybridized carbons (Fsp3) is 0.150. The topological polar surface area (TPSA) is 93.4 Å². The molecule has 1 aromatic carbocycles. The first-order chi connectivity index (χ1) is 14.3. The van der Waals surface area contributed by atoms with Crippen molar-refractivity contribution in [3.05, 3.63) is 71.9 Å². The highest BCUT2D eigenvalue weighted by molar-refractivity contribution is 7.99. The van der Waals surface area contributed by atoms with Gasteiger partial charge in [0.15, 0.2) is 0 Å². The molecule has 0 bridgehead atoms. The van der Waals surface area contributed by atoms with E-state index in [2.05, 4.69) is 30.3 Å². The Morgan fingerprint density at radius 3 is 2.83 bits per heavy atom. The number of nitrogens with zero attached hydrogens (tertiary/aromatic N) is 5. The van der Waals surface area contributed by atoms with E-state index in [0.717, 1.165) is 23.3 Å². The molecule has 0 saturated carbocycles. The Balaban J connectivity index is 1.23. The van der Waals surface area contributed by atoms with Crippen molar-refractivity contribution in [1.82, 2.24) is 30.3 Å². The predicted octanol–water partition coefficient (Wildman–Crippen LogP) is 4.28. The minimum Gasteiger partial charge on any atom is -0.339 e. The molecule has 0 radical (unpaired) electrons. The van der Waals surface area contributed by atoms with Gasteiger partial charge < -0.3 is 4.52 Å². The Morgan fingerprint density at radius 2 is 2.00 bits per heavy atom. The van der Waals surface area contributed by atoms with E-state index in [0.29, 0.717) is 29.1 Å². The number of benzene rings is 1. The third-order valence-electron chi connectivity index (χ3n) is 3.94. The normalized spacial score (nSPS) is 11.3. The quantitative estimate of drug-likeness (QED) is 0.343. The standard InChI is InChI=1S/C20H17FN6OS/c21-16-8-5-14(6-9-16)7-10-17-23-20(26-25-17)29-12-2-4-18-24-19(27-28-18)15-3-1-11-22-13-15/h1,3,5-11,13H,2,4,12H2,(H,23,25,26)/b10-7+. The molecular weight excluding hydrogens is 391 g/mol. The van der Waals surface area contributed by atoms with Crippen molar-refractivity contribution in [2.75, 3.05) is 5.75 Å². The molecular formula is C20H17FN6OS. The van der Waals surface area contributed by atoms with Crippen LogP contribution in [0.15, 0.2) is 58.5 Å². The van der Waals surface area contributed by atoms with E-state index in [1.807, 2.05) is 24.3 Å². The van der Waals surface area contributed by atoms with Crippen LogP contribution in [-0.4, -0.2) is 36.1 Å². The lowest BCUT2D eigenvalue weighted by Crippen LogP contribution is -1.89. The van der Waals surface area contributed by atoms with Gasteiger partial charge in [-0.2, -0.15) is 4.98 Å². The molecule has 0 unspecified atom stereocenters. The molecule has 0 saturated heterocycles. The van der Waals surface area contributed by atoms with Crippen LogP contribution in [0.1, 0.15) is 23.7 Å². The first kappa shape index (κ1) is 19.0. The van der Waals surface area contributed by atoms with Crippen LogP contribution in [0, 0.1) is 5.82 Å². The molecule has 0 aliphatic rings. The van der Waals surface area contributed by atoms with Crippen molar-refractivity contribution in [2.24, 2.45) is 0 Å². The lowest BCUT2D eigenvalue weighted by atomic mass is 10.2. The van der Waals surface area contributed by atoms with Gasteiger partial charge >= 0.3 is 0 Å². The minimum absolute atomic E-state index is 0.255. The van der Waals surface area contributed by atoms with Crippen LogP contribution < -0.4 is 0 Å². The summed E-state index contributed by atoms with van der Waals surface area (Å²) in [7, 11) is 0. The lowest BCUT2D eigenvalue weighted by molar-refractivity contribution is 0.378. The monoisotopic (exact) mass is 408 g/mol. The summed E-state index contributed by atoms with van der Waals surface area (Å²) in [5.74, 6) is 2.36. The van der Waals surface area contributed by atoms with Crippen LogP contribution in [0.3, 0.4) is 0 Å². The van der Waals surface area contributed by atoms with Gasteiger partial charge in [0.05, 0.1) is 0 Å². The molecule has 9 heteroatoms. The van der Waals surface area contributed by atoms with E-state index in [4.69, 9.17) is 4.52 Å². The van der Waals surface area contributed by atoms with Crippen molar-refractivity contribution in [1.29, 1.82) is 0 Å². The zero-order valence-electron chi connectivity index (χ0n) is 15.3. The van der Waals surface area contributed by atoms with Gasteiger partial charge in [0.25, 0.3) is 0 Å². The summed E-state index contributed by atoms with van der Waals surface area (Å²) in [6, 6.07) is 9.98. The summed E-state index contributed by atoms with van der Waals surface area (Å²) in [6.07, 6.45) is 8.60. The number of pyridine rings is 1. The zero-order chi connectivity index (χ0) is 19.9. The number of hydrogen-bond acceptors (Lipinski definition) is 7. The number of nitrogens with one attached hydrogen (secondary N) is 1. The lowest BCUT2D eigenvalue weighted by Gasteiger charge is -1.94. The van der Waals surface area contributed by atoms with Gasteiger partial charge in [-0.1, -0.05) is 35.1 Å². The summed E-state index contributed by atoms with van der Waals surface area (Å²) in [5.41, 5.74) is 1.72. The second kappa shape index (κ2) is 9.24. The highest BCUT2D eigenvalue weighted by Crippen LogP contribution is 2.18. The van der Waals surface area contributed by atoms with Gasteiger partial charge in [0.2, 0.25) is 16.9 Å². The Kier molecular flexibility index (Phi) is 6.06. The molecule has 0 atom stereocenters. The molecule has 3 heterocycles. The van der Waals surface area contributed by atoms with Gasteiger partial charge in [0, 0.05) is 30.1 Å². The van der Waals surface area contributed by atoms with Gasteiger partial charge in [-0.3, -0.25) is 10.1 Å². The average molecular weight is 408 g/mol. The third-order valence-corrected chi connectivity index (χ3v) is 4.87. The number of thioether (sulfide) groups is 1. The summed E-state index contributed by atoms with van der Waals surface area (Å²) in [4.78, 5) is 12.9.